The van der Waals surface area contributed by atoms with E-state index in [1.54, 1.807) is 26.0 Å². The Bertz CT molecular complexity index is 351. The van der Waals surface area contributed by atoms with Gasteiger partial charge in [-0.15, -0.1) is 0 Å². The quantitative estimate of drug-likeness (QED) is 0.680. The van der Waals surface area contributed by atoms with Crippen molar-refractivity contribution in [3.05, 3.63) is 17.5 Å². The van der Waals surface area contributed by atoms with Crippen molar-refractivity contribution >= 4 is 11.9 Å². The Morgan fingerprint density at radius 2 is 2.21 bits per heavy atom. The Balaban J connectivity index is 2.94. The molecule has 0 fully saturated rings. The van der Waals surface area contributed by atoms with Gasteiger partial charge in [0, 0.05) is 20.3 Å². The molecule has 6 nitrogen and oxygen atoms in total. The molecular formula is C8H12N4O2. The molecule has 76 valence electrons. The number of nitrogens with zero attached hydrogens (tertiary/aromatic N) is 3. The number of hydrogen-bond donors (Lipinski definition) is 2. The minimum Gasteiger partial charge on any atom is -0.478 e. The van der Waals surface area contributed by atoms with Crippen LogP contribution in [0.25, 0.3) is 0 Å². The van der Waals surface area contributed by atoms with E-state index < -0.39 is 5.97 Å². The summed E-state index contributed by atoms with van der Waals surface area (Å²) in [4.78, 5) is 18.5. The van der Waals surface area contributed by atoms with Crippen LogP contribution in [0.1, 0.15) is 16.1 Å². The zero-order chi connectivity index (χ0) is 10.7. The van der Waals surface area contributed by atoms with Crippen molar-refractivity contribution in [2.75, 3.05) is 19.5 Å². The van der Waals surface area contributed by atoms with Gasteiger partial charge in [-0.1, -0.05) is 0 Å². The first-order chi connectivity index (χ1) is 6.50. The molecule has 0 aromatic carbocycles. The van der Waals surface area contributed by atoms with Gasteiger partial charge >= 0.3 is 5.97 Å². The Kier molecular flexibility index (Phi) is 2.98. The predicted molar refractivity (Wildman–Crippen MR) is 51.0 cm³/mol. The van der Waals surface area contributed by atoms with Crippen LogP contribution >= 0.6 is 0 Å². The smallest absolute Gasteiger partial charge is 0.339 e. The van der Waals surface area contributed by atoms with Crippen LogP contribution in [0.5, 0.6) is 0 Å². The predicted octanol–water partition coefficient (Wildman–Crippen LogP) is 0.372. The van der Waals surface area contributed by atoms with Crippen molar-refractivity contribution in [1.29, 1.82) is 0 Å². The van der Waals surface area contributed by atoms with Crippen LogP contribution in [0.4, 0.5) is 5.95 Å². The Morgan fingerprint density at radius 1 is 1.57 bits per heavy atom. The second-order valence-electron chi connectivity index (χ2n) is 3.00. The first-order valence-electron chi connectivity index (χ1n) is 4.01. The molecule has 6 heteroatoms. The minimum absolute atomic E-state index is 0.120. The summed E-state index contributed by atoms with van der Waals surface area (Å²) in [5.74, 6) is -0.628. The van der Waals surface area contributed by atoms with Crippen molar-refractivity contribution in [3.8, 4) is 0 Å². The summed E-state index contributed by atoms with van der Waals surface area (Å²) < 4.78 is 0. The molecule has 0 bridgehead atoms. The van der Waals surface area contributed by atoms with Gasteiger partial charge in [0.25, 0.3) is 0 Å². The number of rotatable bonds is 3. The van der Waals surface area contributed by atoms with Gasteiger partial charge in [0.05, 0.1) is 11.3 Å². The number of aromatic carboxylic acids is 1. The average molecular weight is 196 g/mol. The second kappa shape index (κ2) is 4.01. The minimum atomic E-state index is -1.01. The largest absolute Gasteiger partial charge is 0.478 e. The van der Waals surface area contributed by atoms with Gasteiger partial charge in [0.15, 0.2) is 0 Å². The Hall–Kier alpha value is -1.69. The molecule has 0 saturated heterocycles. The van der Waals surface area contributed by atoms with E-state index >= 15 is 0 Å². The SMILES string of the molecule is Cc1nc(NN(C)C)ncc1C(=O)O. The third-order valence-corrected chi connectivity index (χ3v) is 1.53. The highest BCUT2D eigenvalue weighted by Crippen LogP contribution is 2.06. The van der Waals surface area contributed by atoms with E-state index in [0.29, 0.717) is 11.6 Å². The van der Waals surface area contributed by atoms with E-state index in [9.17, 15) is 4.79 Å². The normalized spacial score (nSPS) is 10.3. The van der Waals surface area contributed by atoms with E-state index in [-0.39, 0.29) is 5.56 Å². The maximum absolute atomic E-state index is 10.6. The van der Waals surface area contributed by atoms with Gasteiger partial charge in [0.2, 0.25) is 5.95 Å². The molecule has 1 aromatic heterocycles. The first kappa shape index (κ1) is 10.4. The van der Waals surface area contributed by atoms with Crippen LogP contribution in [0.3, 0.4) is 0 Å². The number of anilines is 1. The van der Waals surface area contributed by atoms with E-state index in [4.69, 9.17) is 5.11 Å². The first-order valence-corrected chi connectivity index (χ1v) is 4.01. The van der Waals surface area contributed by atoms with Crippen LogP contribution in [-0.4, -0.2) is 40.1 Å². The standard InChI is InChI=1S/C8H12N4O2/c1-5-6(7(13)14)4-9-8(10-5)11-12(2)3/h4H,1-3H3,(H,13,14)(H,9,10,11). The van der Waals surface area contributed by atoms with E-state index in [1.807, 2.05) is 0 Å². The Labute approximate surface area is 81.6 Å². The summed E-state index contributed by atoms with van der Waals surface area (Å²) >= 11 is 0. The fourth-order valence-electron chi connectivity index (χ4n) is 0.931. The molecule has 1 aromatic rings. The highest BCUT2D eigenvalue weighted by Gasteiger charge is 2.09. The molecule has 0 spiro atoms. The van der Waals surface area contributed by atoms with Gasteiger partial charge in [-0.3, -0.25) is 5.43 Å². The lowest BCUT2D eigenvalue weighted by atomic mass is 10.2. The van der Waals surface area contributed by atoms with Crippen molar-refractivity contribution in [2.24, 2.45) is 0 Å². The number of hydrazine groups is 1. The molecule has 14 heavy (non-hydrogen) atoms. The molecule has 1 rings (SSSR count). The molecule has 1 heterocycles. The maximum Gasteiger partial charge on any atom is 0.339 e. The van der Waals surface area contributed by atoms with E-state index in [1.165, 1.54) is 6.20 Å². The summed E-state index contributed by atoms with van der Waals surface area (Å²) in [5.41, 5.74) is 3.39. The fourth-order valence-corrected chi connectivity index (χ4v) is 0.931. The molecular weight excluding hydrogens is 184 g/mol. The van der Waals surface area contributed by atoms with Crippen LogP contribution in [-0.2, 0) is 0 Å². The molecule has 0 saturated carbocycles. The number of carboxylic acid groups (broad SMARTS) is 1. The van der Waals surface area contributed by atoms with Crippen molar-refractivity contribution < 1.29 is 9.90 Å². The number of aromatic nitrogens is 2. The second-order valence-corrected chi connectivity index (χ2v) is 3.00. The molecule has 0 aliphatic rings. The van der Waals surface area contributed by atoms with Crippen molar-refractivity contribution in [2.45, 2.75) is 6.92 Å². The van der Waals surface area contributed by atoms with E-state index in [2.05, 4.69) is 15.4 Å². The molecule has 0 radical (unpaired) electrons. The number of hydrogen-bond acceptors (Lipinski definition) is 5. The summed E-state index contributed by atoms with van der Waals surface area (Å²) in [5, 5.41) is 10.4. The van der Waals surface area contributed by atoms with Crippen LogP contribution in [0.2, 0.25) is 0 Å². The third kappa shape index (κ3) is 2.40. The highest BCUT2D eigenvalue weighted by atomic mass is 16.4. The molecule has 0 unspecified atom stereocenters. The summed E-state index contributed by atoms with van der Waals surface area (Å²) in [6, 6.07) is 0. The highest BCUT2D eigenvalue weighted by molar-refractivity contribution is 5.88. The molecule has 0 amide bonds. The fraction of sp³-hybridized carbons (Fsp3) is 0.375. The summed E-state index contributed by atoms with van der Waals surface area (Å²) in [6.07, 6.45) is 1.29. The number of nitrogens with one attached hydrogen (secondary N) is 1. The van der Waals surface area contributed by atoms with Gasteiger partial charge in [-0.2, -0.15) is 0 Å². The van der Waals surface area contributed by atoms with Crippen LogP contribution in [0, 0.1) is 6.92 Å². The van der Waals surface area contributed by atoms with E-state index in [0.717, 1.165) is 0 Å². The number of aryl methyl sites for hydroxylation is 1. The number of carbonyl (C=O) groups is 1. The van der Waals surface area contributed by atoms with Gasteiger partial charge < -0.3 is 5.11 Å². The van der Waals surface area contributed by atoms with Crippen LogP contribution < -0.4 is 5.43 Å². The van der Waals surface area contributed by atoms with Crippen molar-refractivity contribution in [1.82, 2.24) is 15.0 Å². The summed E-state index contributed by atoms with van der Waals surface area (Å²) in [6.45, 7) is 1.63. The molecule has 0 aliphatic carbocycles. The maximum atomic E-state index is 10.6. The zero-order valence-electron chi connectivity index (χ0n) is 8.27. The monoisotopic (exact) mass is 196 g/mol. The van der Waals surface area contributed by atoms with Gasteiger partial charge in [0.1, 0.15) is 0 Å². The lowest BCUT2D eigenvalue weighted by Gasteiger charge is -2.11. The van der Waals surface area contributed by atoms with Crippen LogP contribution in [0.15, 0.2) is 6.20 Å². The Morgan fingerprint density at radius 3 is 2.64 bits per heavy atom. The molecule has 0 atom stereocenters. The lowest BCUT2D eigenvalue weighted by Crippen LogP contribution is -2.21. The zero-order valence-corrected chi connectivity index (χ0v) is 8.27. The molecule has 2 N–H and O–H groups in total. The average Bonchev–Trinajstić information content (AvgIpc) is 2.01. The number of carboxylic acids is 1. The van der Waals surface area contributed by atoms with Gasteiger partial charge in [-0.05, 0) is 6.92 Å². The topological polar surface area (TPSA) is 78.4 Å². The third-order valence-electron chi connectivity index (χ3n) is 1.53. The lowest BCUT2D eigenvalue weighted by molar-refractivity contribution is 0.0695. The summed E-state index contributed by atoms with van der Waals surface area (Å²) in [7, 11) is 3.59. The van der Waals surface area contributed by atoms with Gasteiger partial charge in [-0.25, -0.2) is 19.8 Å². The molecule has 0 aliphatic heterocycles. The van der Waals surface area contributed by atoms with Crippen molar-refractivity contribution in [3.63, 3.8) is 0 Å².